The molecule has 0 bridgehead atoms. The van der Waals surface area contributed by atoms with Gasteiger partial charge >= 0.3 is 59.1 Å². The first-order valence-corrected chi connectivity index (χ1v) is 4.36. The van der Waals surface area contributed by atoms with Gasteiger partial charge in [-0.3, -0.25) is 8.42 Å². The SMILES string of the molecule is O=S(=O)([O-])c1c[c-]c(O)c(O)c1O.[Na+].[Na+]. The van der Waals surface area contributed by atoms with Crippen molar-refractivity contribution in [2.75, 3.05) is 0 Å². The van der Waals surface area contributed by atoms with Crippen molar-refractivity contribution in [1.82, 2.24) is 0 Å². The van der Waals surface area contributed by atoms with Gasteiger partial charge in [-0.15, -0.1) is 6.07 Å². The first-order chi connectivity index (χ1) is 5.84. The molecular formula is C6H4Na2O6S. The first-order valence-electron chi connectivity index (χ1n) is 2.95. The van der Waals surface area contributed by atoms with Crippen LogP contribution in [0.1, 0.15) is 0 Å². The predicted octanol–water partition coefficient (Wildman–Crippen LogP) is -6.48. The molecule has 0 radical (unpaired) electrons. The molecule has 9 heteroatoms. The van der Waals surface area contributed by atoms with Crippen LogP contribution in [0.5, 0.6) is 17.2 Å². The maximum Gasteiger partial charge on any atom is 1.00 e. The molecule has 0 heterocycles. The average molecular weight is 250 g/mol. The Morgan fingerprint density at radius 2 is 1.60 bits per heavy atom. The minimum atomic E-state index is -4.88. The van der Waals surface area contributed by atoms with Crippen molar-refractivity contribution in [2.45, 2.75) is 4.90 Å². The van der Waals surface area contributed by atoms with Gasteiger partial charge in [-0.05, 0) is 4.90 Å². The monoisotopic (exact) mass is 250 g/mol. The van der Waals surface area contributed by atoms with Crippen molar-refractivity contribution in [3.63, 3.8) is 0 Å². The molecule has 6 nitrogen and oxygen atoms in total. The van der Waals surface area contributed by atoms with E-state index in [1.54, 1.807) is 0 Å². The van der Waals surface area contributed by atoms with Crippen LogP contribution in [-0.2, 0) is 10.1 Å². The molecule has 0 aliphatic rings. The van der Waals surface area contributed by atoms with Crippen LogP contribution in [0.3, 0.4) is 0 Å². The number of phenols is 3. The number of aromatic hydroxyl groups is 3. The molecule has 0 fully saturated rings. The summed E-state index contributed by atoms with van der Waals surface area (Å²) in [5.41, 5.74) is 0. The third-order valence-electron chi connectivity index (χ3n) is 1.29. The fraction of sp³-hybridized carbons (Fsp3) is 0. The van der Waals surface area contributed by atoms with E-state index < -0.39 is 32.3 Å². The first kappa shape index (κ1) is 17.9. The Labute approximate surface area is 130 Å². The summed E-state index contributed by atoms with van der Waals surface area (Å²) in [5, 5.41) is 26.4. The van der Waals surface area contributed by atoms with Crippen LogP contribution < -0.4 is 59.1 Å². The molecule has 0 aliphatic carbocycles. The van der Waals surface area contributed by atoms with Gasteiger partial charge in [0.2, 0.25) is 0 Å². The quantitative estimate of drug-likeness (QED) is 0.197. The molecule has 1 rings (SSSR count). The van der Waals surface area contributed by atoms with E-state index >= 15 is 0 Å². The zero-order chi connectivity index (χ0) is 10.2. The van der Waals surface area contributed by atoms with Gasteiger partial charge in [0.15, 0.2) is 0 Å². The molecule has 0 aromatic heterocycles. The molecule has 0 unspecified atom stereocenters. The fourth-order valence-corrected chi connectivity index (χ4v) is 1.23. The van der Waals surface area contributed by atoms with Crippen molar-refractivity contribution >= 4 is 10.1 Å². The van der Waals surface area contributed by atoms with Gasteiger partial charge in [-0.2, -0.15) is 6.07 Å². The van der Waals surface area contributed by atoms with Crippen molar-refractivity contribution in [3.8, 4) is 17.2 Å². The molecule has 15 heavy (non-hydrogen) atoms. The van der Waals surface area contributed by atoms with E-state index in [2.05, 4.69) is 0 Å². The third kappa shape index (κ3) is 4.12. The van der Waals surface area contributed by atoms with Gasteiger partial charge in [0.25, 0.3) is 0 Å². The van der Waals surface area contributed by atoms with Crippen LogP contribution in [0.2, 0.25) is 0 Å². The Morgan fingerprint density at radius 1 is 1.13 bits per heavy atom. The third-order valence-corrected chi connectivity index (χ3v) is 2.14. The average Bonchev–Trinajstić information content (AvgIpc) is 1.98. The van der Waals surface area contributed by atoms with E-state index in [4.69, 9.17) is 15.3 Å². The van der Waals surface area contributed by atoms with Crippen LogP contribution in [0, 0.1) is 6.07 Å². The van der Waals surface area contributed by atoms with Crippen LogP contribution in [0.25, 0.3) is 0 Å². The van der Waals surface area contributed by atoms with E-state index in [1.807, 2.05) is 6.07 Å². The molecule has 0 saturated carbocycles. The smallest absolute Gasteiger partial charge is 0.754 e. The Kier molecular flexibility index (Phi) is 7.54. The summed E-state index contributed by atoms with van der Waals surface area (Å²) in [6.45, 7) is 0. The fourth-order valence-electron chi connectivity index (χ4n) is 0.690. The maximum absolute atomic E-state index is 10.4. The van der Waals surface area contributed by atoms with Gasteiger partial charge in [0.1, 0.15) is 0 Å². The van der Waals surface area contributed by atoms with Gasteiger partial charge in [0.05, 0.1) is 21.6 Å². The largest absolute Gasteiger partial charge is 1.00 e. The molecule has 1 aromatic carbocycles. The summed E-state index contributed by atoms with van der Waals surface area (Å²) in [7, 11) is -4.88. The minimum absolute atomic E-state index is 0. The molecule has 0 spiro atoms. The van der Waals surface area contributed by atoms with E-state index in [0.717, 1.165) is 0 Å². The molecule has 0 aliphatic heterocycles. The second kappa shape index (κ2) is 6.31. The molecule has 0 saturated heterocycles. The van der Waals surface area contributed by atoms with E-state index in [9.17, 15) is 13.0 Å². The van der Waals surface area contributed by atoms with Crippen molar-refractivity contribution in [3.05, 3.63) is 12.1 Å². The van der Waals surface area contributed by atoms with Gasteiger partial charge in [-0.25, -0.2) is 0 Å². The number of hydrogen-bond donors (Lipinski definition) is 3. The number of hydrogen-bond acceptors (Lipinski definition) is 6. The van der Waals surface area contributed by atoms with Crippen molar-refractivity contribution in [1.29, 1.82) is 0 Å². The van der Waals surface area contributed by atoms with Crippen LogP contribution in [-0.4, -0.2) is 28.3 Å². The second-order valence-electron chi connectivity index (χ2n) is 2.15. The van der Waals surface area contributed by atoms with Gasteiger partial charge in [0, 0.05) is 5.75 Å². The van der Waals surface area contributed by atoms with Crippen molar-refractivity contribution < 1.29 is 87.4 Å². The maximum atomic E-state index is 10.4. The second-order valence-corrected chi connectivity index (χ2v) is 3.50. The van der Waals surface area contributed by atoms with Crippen LogP contribution in [0.4, 0.5) is 0 Å². The van der Waals surface area contributed by atoms with Crippen LogP contribution >= 0.6 is 0 Å². The Morgan fingerprint density at radius 3 is 2.00 bits per heavy atom. The predicted molar refractivity (Wildman–Crippen MR) is 38.2 cm³/mol. The van der Waals surface area contributed by atoms with Gasteiger partial charge < -0.3 is 19.9 Å². The molecule has 1 aromatic rings. The molecule has 3 N–H and O–H groups in total. The zero-order valence-electron chi connectivity index (χ0n) is 8.05. The summed E-state index contributed by atoms with van der Waals surface area (Å²) in [5.74, 6) is -3.09. The summed E-state index contributed by atoms with van der Waals surface area (Å²) in [6.07, 6.45) is 0. The zero-order valence-corrected chi connectivity index (χ0v) is 12.9. The molecule has 0 amide bonds. The Balaban J connectivity index is 0. The van der Waals surface area contributed by atoms with E-state index in [-0.39, 0.29) is 59.1 Å². The molecule has 72 valence electrons. The topological polar surface area (TPSA) is 118 Å². The Bertz CT molecular complexity index is 443. The molecular weight excluding hydrogens is 246 g/mol. The van der Waals surface area contributed by atoms with Gasteiger partial charge in [-0.1, -0.05) is 0 Å². The standard InChI is InChI=1S/C6H5O6S.2Na/c7-3-1-2-4(13(10,11)12)6(9)5(3)8;;/h2,7-9H,(H,10,11,12);;/q-1;2*+1/p-1. The number of benzene rings is 1. The normalized spacial score (nSPS) is 9.93. The molecule has 0 atom stereocenters. The van der Waals surface area contributed by atoms with E-state index in [0.29, 0.717) is 6.07 Å². The summed E-state index contributed by atoms with van der Waals surface area (Å²) in [6, 6.07) is 2.46. The van der Waals surface area contributed by atoms with Crippen molar-refractivity contribution in [2.24, 2.45) is 0 Å². The van der Waals surface area contributed by atoms with Crippen LogP contribution in [0.15, 0.2) is 11.0 Å². The van der Waals surface area contributed by atoms with E-state index in [1.165, 1.54) is 0 Å². The summed E-state index contributed by atoms with van der Waals surface area (Å²) >= 11 is 0. The number of rotatable bonds is 1. The number of phenolic OH excluding ortho intramolecular Hbond substituents is 3. The summed E-state index contributed by atoms with van der Waals surface area (Å²) in [4.78, 5) is -1.03. The minimum Gasteiger partial charge on any atom is -0.754 e. The Hall–Kier alpha value is 0.530. The summed E-state index contributed by atoms with van der Waals surface area (Å²) < 4.78 is 31.2.